The highest BCUT2D eigenvalue weighted by atomic mass is 16.2. The first-order valence-electron chi connectivity index (χ1n) is 5.62. The van der Waals surface area contributed by atoms with E-state index < -0.39 is 6.04 Å². The molecular weight excluding hydrogens is 222 g/mol. The van der Waals surface area contributed by atoms with Crippen LogP contribution in [0.5, 0.6) is 0 Å². The first kappa shape index (κ1) is 11.6. The Kier molecular flexibility index (Phi) is 3.36. The van der Waals surface area contributed by atoms with E-state index in [1.165, 1.54) is 6.20 Å². The molecule has 1 unspecified atom stereocenters. The topological polar surface area (TPSA) is 91.0 Å². The number of amides is 2. The summed E-state index contributed by atoms with van der Waals surface area (Å²) >= 11 is 0. The molecule has 17 heavy (non-hydrogen) atoms. The van der Waals surface area contributed by atoms with E-state index in [2.05, 4.69) is 20.7 Å². The van der Waals surface area contributed by atoms with Crippen molar-refractivity contribution >= 4 is 11.8 Å². The van der Waals surface area contributed by atoms with Crippen molar-refractivity contribution in [1.82, 2.24) is 25.6 Å². The van der Waals surface area contributed by atoms with E-state index in [9.17, 15) is 9.59 Å². The van der Waals surface area contributed by atoms with Gasteiger partial charge in [-0.25, -0.2) is 0 Å². The molecule has 2 rings (SSSR count). The standard InChI is InChI=1S/C10H15N5O2/c1-11-9(16)8-4-2-3-5-15(8)10(17)7-6-12-14-13-7/h6,8H,2-5H2,1H3,(H,11,16)(H,12,13,14). The number of likely N-dealkylation sites (tertiary alicyclic amines) is 1. The highest BCUT2D eigenvalue weighted by molar-refractivity contribution is 5.95. The Morgan fingerprint density at radius 3 is 3.00 bits per heavy atom. The zero-order valence-electron chi connectivity index (χ0n) is 9.64. The zero-order valence-corrected chi connectivity index (χ0v) is 9.64. The molecule has 92 valence electrons. The van der Waals surface area contributed by atoms with Crippen LogP contribution in [-0.2, 0) is 4.79 Å². The molecule has 1 aromatic rings. The van der Waals surface area contributed by atoms with Crippen molar-refractivity contribution in [2.45, 2.75) is 25.3 Å². The molecule has 1 aromatic heterocycles. The van der Waals surface area contributed by atoms with Crippen molar-refractivity contribution in [2.24, 2.45) is 0 Å². The number of nitrogens with zero attached hydrogens (tertiary/aromatic N) is 3. The summed E-state index contributed by atoms with van der Waals surface area (Å²) in [6, 6.07) is -0.391. The van der Waals surface area contributed by atoms with Gasteiger partial charge in [-0.3, -0.25) is 9.59 Å². The molecule has 1 aliphatic heterocycles. The number of hydrogen-bond acceptors (Lipinski definition) is 4. The van der Waals surface area contributed by atoms with Gasteiger partial charge in [-0.05, 0) is 19.3 Å². The lowest BCUT2D eigenvalue weighted by atomic mass is 10.0. The molecule has 1 atom stereocenters. The third kappa shape index (κ3) is 2.27. The molecule has 7 heteroatoms. The van der Waals surface area contributed by atoms with Crippen LogP contribution >= 0.6 is 0 Å². The molecule has 0 radical (unpaired) electrons. The van der Waals surface area contributed by atoms with Gasteiger partial charge in [0.05, 0.1) is 6.20 Å². The lowest BCUT2D eigenvalue weighted by Gasteiger charge is -2.33. The fraction of sp³-hybridized carbons (Fsp3) is 0.600. The summed E-state index contributed by atoms with van der Waals surface area (Å²) in [5.74, 6) is -0.367. The van der Waals surface area contributed by atoms with Crippen molar-refractivity contribution in [1.29, 1.82) is 0 Å². The first-order chi connectivity index (χ1) is 8.24. The van der Waals surface area contributed by atoms with E-state index in [0.29, 0.717) is 13.0 Å². The number of carbonyl (C=O) groups is 2. The van der Waals surface area contributed by atoms with Gasteiger partial charge in [0.25, 0.3) is 5.91 Å². The highest BCUT2D eigenvalue weighted by Crippen LogP contribution is 2.18. The number of aromatic amines is 1. The molecule has 1 saturated heterocycles. The lowest BCUT2D eigenvalue weighted by molar-refractivity contribution is -0.126. The minimum absolute atomic E-state index is 0.124. The molecule has 0 aromatic carbocycles. The van der Waals surface area contributed by atoms with Gasteiger partial charge < -0.3 is 10.2 Å². The minimum atomic E-state index is -0.391. The molecule has 2 amide bonds. The molecule has 0 aliphatic carbocycles. The third-order valence-electron chi connectivity index (χ3n) is 2.95. The van der Waals surface area contributed by atoms with Crippen LogP contribution in [0.15, 0.2) is 6.20 Å². The minimum Gasteiger partial charge on any atom is -0.357 e. The second-order valence-electron chi connectivity index (χ2n) is 3.98. The quantitative estimate of drug-likeness (QED) is 0.728. The van der Waals surface area contributed by atoms with Crippen LogP contribution in [0.1, 0.15) is 29.8 Å². The smallest absolute Gasteiger partial charge is 0.276 e. The van der Waals surface area contributed by atoms with Crippen LogP contribution in [0, 0.1) is 0 Å². The van der Waals surface area contributed by atoms with Crippen LogP contribution in [0.3, 0.4) is 0 Å². The largest absolute Gasteiger partial charge is 0.357 e. The number of H-pyrrole nitrogens is 1. The average Bonchev–Trinajstić information content (AvgIpc) is 2.91. The number of piperidine rings is 1. The zero-order chi connectivity index (χ0) is 12.3. The van der Waals surface area contributed by atoms with Gasteiger partial charge in [0.2, 0.25) is 5.91 Å². The second-order valence-corrected chi connectivity index (χ2v) is 3.98. The summed E-state index contributed by atoms with van der Waals surface area (Å²) < 4.78 is 0. The Morgan fingerprint density at radius 1 is 1.53 bits per heavy atom. The number of carbonyl (C=O) groups excluding carboxylic acids is 2. The monoisotopic (exact) mass is 237 g/mol. The predicted octanol–water partition coefficient (Wildman–Crippen LogP) is -0.455. The van der Waals surface area contributed by atoms with E-state index in [1.54, 1.807) is 11.9 Å². The molecule has 2 N–H and O–H groups in total. The summed E-state index contributed by atoms with van der Waals surface area (Å²) in [5.41, 5.74) is 0.251. The van der Waals surface area contributed by atoms with Crippen molar-refractivity contribution in [3.63, 3.8) is 0 Å². The number of rotatable bonds is 2. The maximum atomic E-state index is 12.1. The molecule has 0 saturated carbocycles. The van der Waals surface area contributed by atoms with E-state index in [0.717, 1.165) is 12.8 Å². The van der Waals surface area contributed by atoms with Crippen molar-refractivity contribution < 1.29 is 9.59 Å². The molecular formula is C10H15N5O2. The van der Waals surface area contributed by atoms with Crippen LogP contribution < -0.4 is 5.32 Å². The Bertz CT molecular complexity index is 403. The fourth-order valence-corrected chi connectivity index (χ4v) is 2.07. The normalized spacial score (nSPS) is 20.1. The van der Waals surface area contributed by atoms with Gasteiger partial charge in [0.1, 0.15) is 6.04 Å². The average molecular weight is 237 g/mol. The second kappa shape index (κ2) is 4.94. The summed E-state index contributed by atoms with van der Waals surface area (Å²) in [5, 5.41) is 12.3. The number of hydrogen-bond donors (Lipinski definition) is 2. The van der Waals surface area contributed by atoms with Crippen molar-refractivity contribution in [2.75, 3.05) is 13.6 Å². The van der Waals surface area contributed by atoms with E-state index in [-0.39, 0.29) is 17.5 Å². The summed E-state index contributed by atoms with van der Waals surface area (Å²) in [4.78, 5) is 25.4. The van der Waals surface area contributed by atoms with Crippen molar-refractivity contribution in [3.05, 3.63) is 11.9 Å². The number of aromatic nitrogens is 3. The third-order valence-corrected chi connectivity index (χ3v) is 2.95. The molecule has 0 bridgehead atoms. The summed E-state index contributed by atoms with van der Waals surface area (Å²) in [6.45, 7) is 0.587. The van der Waals surface area contributed by atoms with Crippen LogP contribution in [0.4, 0.5) is 0 Å². The Morgan fingerprint density at radius 2 is 2.35 bits per heavy atom. The van der Waals surface area contributed by atoms with E-state index in [4.69, 9.17) is 0 Å². The van der Waals surface area contributed by atoms with Crippen LogP contribution in [0.2, 0.25) is 0 Å². The van der Waals surface area contributed by atoms with Crippen LogP contribution in [0.25, 0.3) is 0 Å². The fourth-order valence-electron chi connectivity index (χ4n) is 2.07. The Labute approximate surface area is 98.6 Å². The highest BCUT2D eigenvalue weighted by Gasteiger charge is 2.32. The van der Waals surface area contributed by atoms with Crippen molar-refractivity contribution in [3.8, 4) is 0 Å². The van der Waals surface area contributed by atoms with Gasteiger partial charge in [0, 0.05) is 13.6 Å². The Balaban J connectivity index is 2.16. The van der Waals surface area contributed by atoms with Gasteiger partial charge in [-0.2, -0.15) is 15.4 Å². The number of nitrogens with one attached hydrogen (secondary N) is 2. The summed E-state index contributed by atoms with van der Waals surface area (Å²) in [6.07, 6.45) is 3.94. The predicted molar refractivity (Wildman–Crippen MR) is 59.1 cm³/mol. The van der Waals surface area contributed by atoms with Gasteiger partial charge in [0.15, 0.2) is 5.69 Å². The SMILES string of the molecule is CNC(=O)C1CCCCN1C(=O)c1cn[nH]n1. The van der Waals surface area contributed by atoms with Gasteiger partial charge in [-0.15, -0.1) is 0 Å². The summed E-state index contributed by atoms with van der Waals surface area (Å²) in [7, 11) is 1.58. The molecule has 0 spiro atoms. The molecule has 2 heterocycles. The molecule has 7 nitrogen and oxygen atoms in total. The van der Waals surface area contributed by atoms with E-state index in [1.807, 2.05) is 0 Å². The molecule has 1 aliphatic rings. The first-order valence-corrected chi connectivity index (χ1v) is 5.62. The van der Waals surface area contributed by atoms with Gasteiger partial charge in [-0.1, -0.05) is 0 Å². The van der Waals surface area contributed by atoms with E-state index >= 15 is 0 Å². The van der Waals surface area contributed by atoms with Gasteiger partial charge >= 0.3 is 0 Å². The number of likely N-dealkylation sites (N-methyl/N-ethyl adjacent to an activating group) is 1. The molecule has 1 fully saturated rings. The Hall–Kier alpha value is -1.92. The maximum Gasteiger partial charge on any atom is 0.276 e. The maximum absolute atomic E-state index is 12.1. The lowest BCUT2D eigenvalue weighted by Crippen LogP contribution is -2.51. The van der Waals surface area contributed by atoms with Crippen LogP contribution in [-0.4, -0.2) is 51.8 Å².